The predicted octanol–water partition coefficient (Wildman–Crippen LogP) is 5.75. The van der Waals surface area contributed by atoms with Crippen molar-refractivity contribution in [3.8, 4) is 0 Å². The molecular weight excluding hydrogens is 448 g/mol. The molecule has 2 atom stereocenters. The molecule has 208 valence electrons. The van der Waals surface area contributed by atoms with E-state index in [1.54, 1.807) is 13.0 Å². The highest BCUT2D eigenvalue weighted by Gasteiger charge is 2.03. The third-order valence-electron chi connectivity index (χ3n) is 3.84. The van der Waals surface area contributed by atoms with Gasteiger partial charge in [0.15, 0.2) is 0 Å². The van der Waals surface area contributed by atoms with Crippen molar-refractivity contribution in [1.29, 1.82) is 0 Å². The van der Waals surface area contributed by atoms with Gasteiger partial charge in [-0.2, -0.15) is 0 Å². The Morgan fingerprint density at radius 2 is 1.33 bits per heavy atom. The maximum absolute atomic E-state index is 8.58. The molecule has 0 radical (unpaired) electrons. The average Bonchev–Trinajstić information content (AvgIpc) is 2.93. The van der Waals surface area contributed by atoms with E-state index in [1.165, 1.54) is 24.4 Å². The molecule has 0 aromatic heterocycles. The van der Waals surface area contributed by atoms with E-state index in [-0.39, 0.29) is 12.3 Å². The Bertz CT molecular complexity index is 662. The third-order valence-corrected chi connectivity index (χ3v) is 3.84. The van der Waals surface area contributed by atoms with Crippen molar-refractivity contribution < 1.29 is 10.2 Å². The first kappa shape index (κ1) is 43.3. The molecule has 0 aliphatic heterocycles. The van der Waals surface area contributed by atoms with Crippen molar-refractivity contribution in [3.63, 3.8) is 0 Å². The van der Waals surface area contributed by atoms with Gasteiger partial charge in [0, 0.05) is 7.11 Å². The number of aliphatic hydroxyl groups is 2. The molecule has 3 rings (SSSR count). The summed E-state index contributed by atoms with van der Waals surface area (Å²) in [6.07, 6.45) is 11.2. The minimum atomic E-state index is -0.264. The molecule has 6 heteroatoms. The summed E-state index contributed by atoms with van der Waals surface area (Å²) < 4.78 is 0. The van der Waals surface area contributed by atoms with Gasteiger partial charge >= 0.3 is 0 Å². The van der Waals surface area contributed by atoms with Gasteiger partial charge in [0.05, 0.1) is 6.10 Å². The summed E-state index contributed by atoms with van der Waals surface area (Å²) in [4.78, 5) is 0. The second kappa shape index (κ2) is 39.5. The lowest BCUT2D eigenvalue weighted by molar-refractivity contribution is 0.198. The van der Waals surface area contributed by atoms with E-state index in [0.717, 1.165) is 20.1 Å². The van der Waals surface area contributed by atoms with Crippen molar-refractivity contribution in [3.05, 3.63) is 108 Å². The normalized spacial score (nSPS) is 13.0. The summed E-state index contributed by atoms with van der Waals surface area (Å²) in [6.45, 7) is 10.7. The Morgan fingerprint density at radius 1 is 0.917 bits per heavy atom. The molecule has 11 N–H and O–H groups in total. The summed E-state index contributed by atoms with van der Waals surface area (Å²) in [6, 6.07) is 22.3. The summed E-state index contributed by atoms with van der Waals surface area (Å²) in [5, 5.41) is 15.6. The fraction of sp³-hybridized carbons (Fsp3) is 0.400. The maximum Gasteiger partial charge on any atom is 0.0547 e. The monoisotopic (exact) mass is 504 g/mol. The van der Waals surface area contributed by atoms with Crippen LogP contribution in [0.2, 0.25) is 0 Å². The molecule has 1 aliphatic carbocycles. The Kier molecular flexibility index (Phi) is 47.5. The van der Waals surface area contributed by atoms with Crippen molar-refractivity contribution in [1.82, 2.24) is 6.15 Å². The second-order valence-electron chi connectivity index (χ2n) is 6.87. The minimum Gasteiger partial charge on any atom is -0.405 e. The number of benzene rings is 2. The molecule has 0 bridgehead atoms. The fourth-order valence-corrected chi connectivity index (χ4v) is 2.28. The van der Waals surface area contributed by atoms with Gasteiger partial charge in [-0.1, -0.05) is 116 Å². The Morgan fingerprint density at radius 3 is 1.56 bits per heavy atom. The SMILES string of the molecule is CC.CC(O)C/C=C/N.CC1=CC(CN)CC=C1.CN.CO.Cc1ccccc1.N.c1ccccc1. The molecule has 0 heterocycles. The summed E-state index contributed by atoms with van der Waals surface area (Å²) in [7, 11) is 2.50. The van der Waals surface area contributed by atoms with E-state index < -0.39 is 0 Å². The molecule has 0 saturated heterocycles. The van der Waals surface area contributed by atoms with Gasteiger partial charge in [-0.15, -0.1) is 0 Å². The zero-order chi connectivity index (χ0) is 27.7. The molecule has 0 fully saturated rings. The van der Waals surface area contributed by atoms with E-state index in [9.17, 15) is 0 Å². The van der Waals surface area contributed by atoms with Crippen LogP contribution >= 0.6 is 0 Å². The van der Waals surface area contributed by atoms with Crippen LogP contribution in [0.3, 0.4) is 0 Å². The summed E-state index contributed by atoms with van der Waals surface area (Å²) >= 11 is 0. The number of hydrogen-bond donors (Lipinski definition) is 6. The van der Waals surface area contributed by atoms with Crippen LogP contribution in [0.25, 0.3) is 0 Å². The van der Waals surface area contributed by atoms with Crippen molar-refractivity contribution in [2.45, 2.75) is 53.6 Å². The van der Waals surface area contributed by atoms with Gasteiger partial charge in [-0.05, 0) is 59.3 Å². The van der Waals surface area contributed by atoms with E-state index in [0.29, 0.717) is 12.3 Å². The van der Waals surface area contributed by atoms with Crippen molar-refractivity contribution >= 4 is 0 Å². The number of hydrogen-bond acceptors (Lipinski definition) is 6. The van der Waals surface area contributed by atoms with Gasteiger partial charge in [-0.3, -0.25) is 0 Å². The predicted molar refractivity (Wildman–Crippen MR) is 162 cm³/mol. The van der Waals surface area contributed by atoms with Crippen LogP contribution in [-0.4, -0.2) is 37.0 Å². The first-order valence-electron chi connectivity index (χ1n) is 12.1. The van der Waals surface area contributed by atoms with E-state index in [1.807, 2.05) is 68.4 Å². The number of aryl methyl sites for hydroxylation is 1. The second-order valence-corrected chi connectivity index (χ2v) is 6.87. The lowest BCUT2D eigenvalue weighted by atomic mass is 9.97. The average molecular weight is 505 g/mol. The molecular formula is C30H56N4O2. The van der Waals surface area contributed by atoms with Crippen LogP contribution in [0.4, 0.5) is 0 Å². The number of allylic oxidation sites excluding steroid dienone is 3. The highest BCUT2D eigenvalue weighted by Crippen LogP contribution is 2.14. The lowest BCUT2D eigenvalue weighted by Gasteiger charge is -2.11. The van der Waals surface area contributed by atoms with Crippen molar-refractivity contribution in [2.75, 3.05) is 20.7 Å². The summed E-state index contributed by atoms with van der Waals surface area (Å²) in [5.74, 6) is 0.593. The Balaban J connectivity index is -0.000000111. The zero-order valence-electron chi connectivity index (χ0n) is 23.8. The molecule has 2 aromatic rings. The smallest absolute Gasteiger partial charge is 0.0547 e. The fourth-order valence-electron chi connectivity index (χ4n) is 2.28. The van der Waals surface area contributed by atoms with Crippen LogP contribution in [0.5, 0.6) is 0 Å². The van der Waals surface area contributed by atoms with Crippen LogP contribution in [0.15, 0.2) is 103 Å². The van der Waals surface area contributed by atoms with E-state index in [2.05, 4.69) is 49.9 Å². The summed E-state index contributed by atoms with van der Waals surface area (Å²) in [5.41, 5.74) is 17.6. The standard InChI is InChI=1S/C8H13N.C7H8.C6H6.C5H11NO.C2H6.CH5N.CH4O.H3N/c1-7-3-2-4-8(5-7)6-9;1-7-5-3-2-4-6-7;1-2-4-6-5-3-1;1-5(7)3-2-4-6;3*1-2;/h2-3,5,8H,4,6,9H2,1H3;2-6H,1H3;1-6H;2,4-5,7H,3,6H2,1H3;1-2H3;2H2,1H3;2H,1H3;1H3/b;;;4-2+;;;;. The molecule has 2 unspecified atom stereocenters. The number of nitrogens with two attached hydrogens (primary N) is 3. The van der Waals surface area contributed by atoms with E-state index >= 15 is 0 Å². The van der Waals surface area contributed by atoms with Gasteiger partial charge in [0.25, 0.3) is 0 Å². The van der Waals surface area contributed by atoms with Gasteiger partial charge < -0.3 is 33.6 Å². The molecule has 1 aliphatic rings. The quantitative estimate of drug-likeness (QED) is 0.313. The molecule has 0 saturated carbocycles. The highest BCUT2D eigenvalue weighted by atomic mass is 16.3. The molecule has 36 heavy (non-hydrogen) atoms. The van der Waals surface area contributed by atoms with Crippen LogP contribution in [0, 0.1) is 12.8 Å². The molecule has 0 amide bonds. The zero-order valence-corrected chi connectivity index (χ0v) is 23.8. The topological polar surface area (TPSA) is 154 Å². The van der Waals surface area contributed by atoms with Gasteiger partial charge in [-0.25, -0.2) is 0 Å². The first-order chi connectivity index (χ1) is 17.0. The lowest BCUT2D eigenvalue weighted by Crippen LogP contribution is -2.12. The number of aliphatic hydroxyl groups excluding tert-OH is 2. The molecule has 6 nitrogen and oxygen atoms in total. The van der Waals surface area contributed by atoms with Gasteiger partial charge in [0.1, 0.15) is 0 Å². The van der Waals surface area contributed by atoms with Gasteiger partial charge in [0.2, 0.25) is 0 Å². The highest BCUT2D eigenvalue weighted by molar-refractivity contribution is 5.21. The van der Waals surface area contributed by atoms with E-state index in [4.69, 9.17) is 21.7 Å². The molecule has 2 aromatic carbocycles. The van der Waals surface area contributed by atoms with Crippen LogP contribution in [0.1, 0.15) is 46.1 Å². The minimum absolute atomic E-state index is 0. The van der Waals surface area contributed by atoms with Crippen molar-refractivity contribution in [2.24, 2.45) is 23.1 Å². The third kappa shape index (κ3) is 38.5. The largest absolute Gasteiger partial charge is 0.405 e. The Hall–Kier alpha value is -2.74. The molecule has 0 spiro atoms. The van der Waals surface area contributed by atoms with Crippen LogP contribution < -0.4 is 23.4 Å². The van der Waals surface area contributed by atoms with Crippen LogP contribution in [-0.2, 0) is 0 Å². The number of rotatable bonds is 3. The first-order valence-corrected chi connectivity index (χ1v) is 12.1. The maximum atomic E-state index is 8.58. The Labute approximate surface area is 222 Å².